The molecule has 0 bridgehead atoms. The molecule has 25 heavy (non-hydrogen) atoms. The fourth-order valence-corrected chi connectivity index (χ4v) is 2.48. The van der Waals surface area contributed by atoms with Gasteiger partial charge in [0.25, 0.3) is 5.91 Å². The topological polar surface area (TPSA) is 95.5 Å². The number of hydrogen-bond donors (Lipinski definition) is 3. The van der Waals surface area contributed by atoms with Gasteiger partial charge in [-0.3, -0.25) is 9.59 Å². The summed E-state index contributed by atoms with van der Waals surface area (Å²) >= 11 is 0. The lowest BCUT2D eigenvalue weighted by Crippen LogP contribution is -2.17. The van der Waals surface area contributed by atoms with E-state index in [9.17, 15) is 19.5 Å². The molecule has 2 aromatic carbocycles. The van der Waals surface area contributed by atoms with Gasteiger partial charge in [0.2, 0.25) is 5.91 Å². The van der Waals surface area contributed by atoms with E-state index in [0.29, 0.717) is 11.4 Å². The highest BCUT2D eigenvalue weighted by atomic mass is 16.4. The summed E-state index contributed by atoms with van der Waals surface area (Å²) in [5.41, 5.74) is 2.04. The van der Waals surface area contributed by atoms with Crippen molar-refractivity contribution < 1.29 is 19.5 Å². The van der Waals surface area contributed by atoms with E-state index in [0.717, 1.165) is 18.4 Å². The molecule has 6 heteroatoms. The Morgan fingerprint density at radius 3 is 2.32 bits per heavy atom. The second kappa shape index (κ2) is 6.76. The van der Waals surface area contributed by atoms with Crippen LogP contribution >= 0.6 is 0 Å². The van der Waals surface area contributed by atoms with Crippen molar-refractivity contribution in [2.75, 3.05) is 10.6 Å². The van der Waals surface area contributed by atoms with Crippen molar-refractivity contribution in [3.8, 4) is 0 Å². The Kier molecular flexibility index (Phi) is 4.52. The van der Waals surface area contributed by atoms with Crippen LogP contribution in [0, 0.1) is 12.8 Å². The smallest absolute Gasteiger partial charge is 0.336 e. The third kappa shape index (κ3) is 3.85. The van der Waals surface area contributed by atoms with Crippen LogP contribution in [0.2, 0.25) is 0 Å². The van der Waals surface area contributed by atoms with Gasteiger partial charge in [0.15, 0.2) is 0 Å². The number of nitrogens with one attached hydrogen (secondary N) is 2. The summed E-state index contributed by atoms with van der Waals surface area (Å²) in [6.07, 6.45) is 1.82. The van der Waals surface area contributed by atoms with Gasteiger partial charge >= 0.3 is 5.97 Å². The molecule has 0 spiro atoms. The number of benzene rings is 2. The Bertz CT molecular complexity index is 856. The van der Waals surface area contributed by atoms with Gasteiger partial charge in [-0.1, -0.05) is 18.2 Å². The molecule has 1 saturated carbocycles. The normalized spacial score (nSPS) is 13.2. The van der Waals surface area contributed by atoms with Gasteiger partial charge in [-0.25, -0.2) is 4.79 Å². The van der Waals surface area contributed by atoms with E-state index in [4.69, 9.17) is 0 Å². The fourth-order valence-electron chi connectivity index (χ4n) is 2.48. The average molecular weight is 338 g/mol. The fraction of sp³-hybridized carbons (Fsp3) is 0.211. The van der Waals surface area contributed by atoms with Crippen molar-refractivity contribution >= 4 is 29.2 Å². The monoisotopic (exact) mass is 338 g/mol. The minimum Gasteiger partial charge on any atom is -0.478 e. The maximum atomic E-state index is 12.4. The molecule has 3 rings (SSSR count). The molecule has 128 valence electrons. The number of carboxylic acid groups (broad SMARTS) is 1. The lowest BCUT2D eigenvalue weighted by molar-refractivity contribution is -0.117. The number of carbonyl (C=O) groups excluding carboxylic acids is 2. The highest BCUT2D eigenvalue weighted by Crippen LogP contribution is 2.31. The van der Waals surface area contributed by atoms with Gasteiger partial charge in [0.05, 0.1) is 11.1 Å². The molecule has 0 saturated heterocycles. The van der Waals surface area contributed by atoms with E-state index in [1.54, 1.807) is 30.3 Å². The van der Waals surface area contributed by atoms with Crippen molar-refractivity contribution in [3.63, 3.8) is 0 Å². The quantitative estimate of drug-likeness (QED) is 0.779. The van der Waals surface area contributed by atoms with Crippen molar-refractivity contribution in [2.45, 2.75) is 19.8 Å². The second-order valence-corrected chi connectivity index (χ2v) is 6.10. The highest BCUT2D eigenvalue weighted by Gasteiger charge is 2.29. The van der Waals surface area contributed by atoms with Crippen LogP contribution in [0.15, 0.2) is 42.5 Å². The Hall–Kier alpha value is -3.15. The summed E-state index contributed by atoms with van der Waals surface area (Å²) in [5.74, 6) is -1.60. The highest BCUT2D eigenvalue weighted by molar-refractivity contribution is 6.11. The van der Waals surface area contributed by atoms with E-state index in [2.05, 4.69) is 10.6 Å². The number of hydrogen-bond acceptors (Lipinski definition) is 3. The molecule has 0 aromatic heterocycles. The number of carboxylic acids is 1. The van der Waals surface area contributed by atoms with Crippen LogP contribution in [0.3, 0.4) is 0 Å². The summed E-state index contributed by atoms with van der Waals surface area (Å²) in [6.45, 7) is 1.87. The summed E-state index contributed by atoms with van der Waals surface area (Å²) in [6, 6.07) is 11.2. The molecule has 0 atom stereocenters. The Morgan fingerprint density at radius 2 is 1.68 bits per heavy atom. The van der Waals surface area contributed by atoms with E-state index in [1.807, 2.05) is 6.92 Å². The Morgan fingerprint density at radius 1 is 1.00 bits per heavy atom. The van der Waals surface area contributed by atoms with Gasteiger partial charge in [0.1, 0.15) is 0 Å². The van der Waals surface area contributed by atoms with Crippen molar-refractivity contribution in [3.05, 3.63) is 59.2 Å². The second-order valence-electron chi connectivity index (χ2n) is 6.10. The number of rotatable bonds is 5. The first-order valence-corrected chi connectivity index (χ1v) is 8.01. The van der Waals surface area contributed by atoms with Gasteiger partial charge in [-0.05, 0) is 49.6 Å². The van der Waals surface area contributed by atoms with Gasteiger partial charge in [-0.2, -0.15) is 0 Å². The molecule has 2 aromatic rings. The van der Waals surface area contributed by atoms with Gasteiger partial charge < -0.3 is 15.7 Å². The van der Waals surface area contributed by atoms with Crippen molar-refractivity contribution in [1.82, 2.24) is 0 Å². The van der Waals surface area contributed by atoms with E-state index in [1.165, 1.54) is 12.1 Å². The number of aromatic carboxylic acids is 1. The molecule has 6 nitrogen and oxygen atoms in total. The summed E-state index contributed by atoms with van der Waals surface area (Å²) in [7, 11) is 0. The Labute approximate surface area is 144 Å². The van der Waals surface area contributed by atoms with Gasteiger partial charge in [-0.15, -0.1) is 0 Å². The number of amides is 2. The zero-order valence-corrected chi connectivity index (χ0v) is 13.7. The first-order chi connectivity index (χ1) is 12.0. The first kappa shape index (κ1) is 16.7. The van der Waals surface area contributed by atoms with Gasteiger partial charge in [0, 0.05) is 17.3 Å². The summed E-state index contributed by atoms with van der Waals surface area (Å²) < 4.78 is 0. The molecule has 0 unspecified atom stereocenters. The maximum Gasteiger partial charge on any atom is 0.336 e. The molecule has 1 fully saturated rings. The van der Waals surface area contributed by atoms with Crippen LogP contribution in [0.25, 0.3) is 0 Å². The Balaban J connectivity index is 1.79. The zero-order valence-electron chi connectivity index (χ0n) is 13.7. The third-order valence-corrected chi connectivity index (χ3v) is 4.10. The standard InChI is InChI=1S/C19H18N2O4/c1-11-6-9-13(10-16(11)21-17(22)12-7-8-12)20-18(23)14-4-2-3-5-15(14)19(24)25/h2-6,9-10,12H,7-8H2,1H3,(H,20,23)(H,21,22)(H,24,25). The molecule has 1 aliphatic carbocycles. The minimum atomic E-state index is -1.16. The van der Waals surface area contributed by atoms with E-state index >= 15 is 0 Å². The van der Waals surface area contributed by atoms with Crippen LogP contribution in [0.5, 0.6) is 0 Å². The van der Waals surface area contributed by atoms with Crippen LogP contribution < -0.4 is 10.6 Å². The lowest BCUT2D eigenvalue weighted by atomic mass is 10.1. The molecule has 3 N–H and O–H groups in total. The molecule has 0 aliphatic heterocycles. The largest absolute Gasteiger partial charge is 0.478 e. The SMILES string of the molecule is Cc1ccc(NC(=O)c2ccccc2C(=O)O)cc1NC(=O)C1CC1. The van der Waals surface area contributed by atoms with E-state index in [-0.39, 0.29) is 23.0 Å². The molecule has 1 aliphatic rings. The van der Waals surface area contributed by atoms with Crippen molar-refractivity contribution in [2.24, 2.45) is 5.92 Å². The number of aryl methyl sites for hydroxylation is 1. The zero-order chi connectivity index (χ0) is 18.0. The lowest BCUT2D eigenvalue weighted by Gasteiger charge is -2.12. The summed E-state index contributed by atoms with van der Waals surface area (Å²) in [5, 5.41) is 14.7. The molecular weight excluding hydrogens is 320 g/mol. The van der Waals surface area contributed by atoms with E-state index < -0.39 is 11.9 Å². The molecule has 0 heterocycles. The first-order valence-electron chi connectivity index (χ1n) is 8.01. The predicted molar refractivity (Wildman–Crippen MR) is 93.9 cm³/mol. The summed E-state index contributed by atoms with van der Waals surface area (Å²) in [4.78, 5) is 35.6. The number of carbonyl (C=O) groups is 3. The molecule has 2 amide bonds. The predicted octanol–water partition coefficient (Wildman–Crippen LogP) is 3.29. The minimum absolute atomic E-state index is 0.0113. The van der Waals surface area contributed by atoms with Crippen LogP contribution in [-0.2, 0) is 4.79 Å². The van der Waals surface area contributed by atoms with Crippen LogP contribution in [0.4, 0.5) is 11.4 Å². The maximum absolute atomic E-state index is 12.4. The molecular formula is C19H18N2O4. The van der Waals surface area contributed by atoms with Crippen molar-refractivity contribution in [1.29, 1.82) is 0 Å². The molecule has 0 radical (unpaired) electrons. The number of anilines is 2. The average Bonchev–Trinajstić information content (AvgIpc) is 3.43. The van der Waals surface area contributed by atoms with Crippen LogP contribution in [-0.4, -0.2) is 22.9 Å². The third-order valence-electron chi connectivity index (χ3n) is 4.10. The van der Waals surface area contributed by atoms with Crippen LogP contribution in [0.1, 0.15) is 39.1 Å².